The minimum absolute atomic E-state index is 0.116. The summed E-state index contributed by atoms with van der Waals surface area (Å²) < 4.78 is 0. The molecule has 0 spiro atoms. The standard InChI is InChI=1S/C27H38N6O2/c1-4-31(5-2)18-11-17-30(3)20-21-12-8-9-19-32(21)27(35)33-24-15-7-6-13-22(24)26(34)29-23-14-10-16-28-25(23)33/h6-7,10,13-16,21H,4-5,8-9,11-12,17-20H2,1-3H3,(H,29,34). The molecule has 1 aromatic heterocycles. The van der Waals surface area contributed by atoms with Gasteiger partial charge >= 0.3 is 6.03 Å². The summed E-state index contributed by atoms with van der Waals surface area (Å²) in [7, 11) is 2.15. The molecule has 0 bridgehead atoms. The van der Waals surface area contributed by atoms with Crippen molar-refractivity contribution in [1.82, 2.24) is 19.7 Å². The van der Waals surface area contributed by atoms with E-state index in [-0.39, 0.29) is 18.0 Å². The molecule has 0 aliphatic carbocycles. The van der Waals surface area contributed by atoms with Crippen LogP contribution >= 0.6 is 0 Å². The largest absolute Gasteiger partial charge is 0.330 e. The lowest BCUT2D eigenvalue weighted by Gasteiger charge is -2.40. The molecule has 3 heterocycles. The van der Waals surface area contributed by atoms with Gasteiger partial charge in [0.05, 0.1) is 16.9 Å². The maximum atomic E-state index is 14.2. The normalized spacial score (nSPS) is 17.7. The number of nitrogens with zero attached hydrogens (tertiary/aromatic N) is 5. The fourth-order valence-corrected chi connectivity index (χ4v) is 5.16. The van der Waals surface area contributed by atoms with E-state index in [1.54, 1.807) is 29.3 Å². The fourth-order valence-electron chi connectivity index (χ4n) is 5.16. The number of aromatic nitrogens is 1. The van der Waals surface area contributed by atoms with Gasteiger partial charge in [-0.3, -0.25) is 4.79 Å². The lowest BCUT2D eigenvalue weighted by atomic mass is 10.0. The second-order valence-corrected chi connectivity index (χ2v) is 9.45. The number of carbonyl (C=O) groups excluding carboxylic acids is 2. The number of nitrogens with one attached hydrogen (secondary N) is 1. The number of piperidine rings is 1. The molecule has 1 fully saturated rings. The molecule has 8 nitrogen and oxygen atoms in total. The molecule has 2 aliphatic rings. The maximum Gasteiger partial charge on any atom is 0.330 e. The number of hydrogen-bond acceptors (Lipinski definition) is 5. The number of hydrogen-bond donors (Lipinski definition) is 1. The molecule has 3 amide bonds. The molecule has 1 N–H and O–H groups in total. The van der Waals surface area contributed by atoms with Crippen LogP contribution < -0.4 is 10.2 Å². The van der Waals surface area contributed by atoms with Crippen molar-refractivity contribution in [1.29, 1.82) is 0 Å². The van der Waals surface area contributed by atoms with Crippen molar-refractivity contribution in [3.8, 4) is 0 Å². The minimum Gasteiger partial charge on any atom is -0.320 e. The topological polar surface area (TPSA) is 72.0 Å². The lowest BCUT2D eigenvalue weighted by Crippen LogP contribution is -2.53. The average Bonchev–Trinajstić information content (AvgIpc) is 3.00. The summed E-state index contributed by atoms with van der Waals surface area (Å²) in [6, 6.07) is 10.8. The average molecular weight is 479 g/mol. The van der Waals surface area contributed by atoms with Crippen LogP contribution in [0.5, 0.6) is 0 Å². The predicted octanol–water partition coefficient (Wildman–Crippen LogP) is 4.42. The van der Waals surface area contributed by atoms with Gasteiger partial charge in [0.2, 0.25) is 0 Å². The zero-order chi connectivity index (χ0) is 24.8. The van der Waals surface area contributed by atoms with Crippen molar-refractivity contribution in [3.05, 3.63) is 48.2 Å². The first-order valence-electron chi connectivity index (χ1n) is 12.9. The van der Waals surface area contributed by atoms with E-state index in [4.69, 9.17) is 0 Å². The van der Waals surface area contributed by atoms with E-state index < -0.39 is 0 Å². The van der Waals surface area contributed by atoms with Gasteiger partial charge in [-0.2, -0.15) is 0 Å². The Labute approximate surface area is 208 Å². The highest BCUT2D eigenvalue weighted by molar-refractivity contribution is 6.16. The number of para-hydroxylation sites is 1. The number of benzene rings is 1. The smallest absolute Gasteiger partial charge is 0.320 e. The number of rotatable bonds is 8. The van der Waals surface area contributed by atoms with Crippen molar-refractivity contribution in [2.75, 3.05) is 56.5 Å². The summed E-state index contributed by atoms with van der Waals surface area (Å²) in [6.45, 7) is 10.2. The summed E-state index contributed by atoms with van der Waals surface area (Å²) in [5, 5.41) is 2.93. The van der Waals surface area contributed by atoms with E-state index in [0.717, 1.165) is 58.4 Å². The van der Waals surface area contributed by atoms with E-state index in [1.165, 1.54) is 0 Å². The fraction of sp³-hybridized carbons (Fsp3) is 0.519. The molecule has 1 atom stereocenters. The van der Waals surface area contributed by atoms with Crippen LogP contribution in [0.2, 0.25) is 0 Å². The second kappa shape index (κ2) is 11.6. The van der Waals surface area contributed by atoms with Crippen molar-refractivity contribution in [2.45, 2.75) is 45.6 Å². The van der Waals surface area contributed by atoms with Crippen LogP contribution in [0, 0.1) is 0 Å². The van der Waals surface area contributed by atoms with Gasteiger partial charge in [0.25, 0.3) is 5.91 Å². The number of anilines is 3. The van der Waals surface area contributed by atoms with Crippen LogP contribution in [0.25, 0.3) is 0 Å². The highest BCUT2D eigenvalue weighted by Crippen LogP contribution is 2.37. The molecule has 8 heteroatoms. The van der Waals surface area contributed by atoms with Crippen molar-refractivity contribution in [2.24, 2.45) is 0 Å². The van der Waals surface area contributed by atoms with E-state index in [9.17, 15) is 9.59 Å². The van der Waals surface area contributed by atoms with E-state index in [0.29, 0.717) is 29.3 Å². The van der Waals surface area contributed by atoms with Gasteiger partial charge in [-0.05, 0) is 83.2 Å². The van der Waals surface area contributed by atoms with Crippen molar-refractivity contribution < 1.29 is 9.59 Å². The molecule has 2 aliphatic heterocycles. The lowest BCUT2D eigenvalue weighted by molar-refractivity contribution is 0.102. The van der Waals surface area contributed by atoms with Gasteiger partial charge in [-0.25, -0.2) is 14.7 Å². The third-order valence-electron chi connectivity index (χ3n) is 7.13. The molecule has 0 saturated carbocycles. The number of pyridine rings is 1. The third kappa shape index (κ3) is 5.65. The molecule has 0 radical (unpaired) electrons. The van der Waals surface area contributed by atoms with Gasteiger partial charge in [0, 0.05) is 25.3 Å². The van der Waals surface area contributed by atoms with Crippen molar-refractivity contribution >= 4 is 29.1 Å². The molecular formula is C27H38N6O2. The summed E-state index contributed by atoms with van der Waals surface area (Å²) >= 11 is 0. The number of likely N-dealkylation sites (tertiary alicyclic amines) is 1. The van der Waals surface area contributed by atoms with E-state index in [1.807, 2.05) is 23.1 Å². The summed E-state index contributed by atoms with van der Waals surface area (Å²) in [4.78, 5) is 40.0. The minimum atomic E-state index is -0.228. The van der Waals surface area contributed by atoms with Crippen molar-refractivity contribution in [3.63, 3.8) is 0 Å². The molecule has 35 heavy (non-hydrogen) atoms. The maximum absolute atomic E-state index is 14.2. The molecule has 1 saturated heterocycles. The summed E-state index contributed by atoms with van der Waals surface area (Å²) in [5.74, 6) is 0.237. The Kier molecular flexibility index (Phi) is 8.36. The second-order valence-electron chi connectivity index (χ2n) is 9.45. The predicted molar refractivity (Wildman–Crippen MR) is 140 cm³/mol. The summed E-state index contributed by atoms with van der Waals surface area (Å²) in [5.41, 5.74) is 1.59. The van der Waals surface area contributed by atoms with Gasteiger partial charge in [0.1, 0.15) is 0 Å². The molecule has 1 unspecified atom stereocenters. The van der Waals surface area contributed by atoms with Gasteiger partial charge in [-0.1, -0.05) is 26.0 Å². The zero-order valence-electron chi connectivity index (χ0n) is 21.2. The van der Waals surface area contributed by atoms with Crippen LogP contribution in [-0.2, 0) is 0 Å². The van der Waals surface area contributed by atoms with Crippen LogP contribution in [0.3, 0.4) is 0 Å². The Balaban J connectivity index is 1.55. The molecule has 188 valence electrons. The Morgan fingerprint density at radius 2 is 1.91 bits per heavy atom. The van der Waals surface area contributed by atoms with E-state index in [2.05, 4.69) is 41.0 Å². The van der Waals surface area contributed by atoms with Crippen LogP contribution in [0.4, 0.5) is 22.0 Å². The molecular weight excluding hydrogens is 440 g/mol. The number of likely N-dealkylation sites (N-methyl/N-ethyl adjacent to an activating group) is 1. The molecule has 1 aromatic carbocycles. The third-order valence-corrected chi connectivity index (χ3v) is 7.13. The molecule has 2 aromatic rings. The van der Waals surface area contributed by atoms with Gasteiger partial charge in [-0.15, -0.1) is 0 Å². The van der Waals surface area contributed by atoms with Gasteiger partial charge < -0.3 is 20.0 Å². The summed E-state index contributed by atoms with van der Waals surface area (Å²) in [6.07, 6.45) is 5.86. The first kappa shape index (κ1) is 25.1. The highest BCUT2D eigenvalue weighted by Gasteiger charge is 2.36. The SMILES string of the molecule is CCN(CC)CCCN(C)CC1CCCCN1C(=O)N1c2ccccc2C(=O)Nc2cccnc21. The quantitative estimate of drug-likeness (QED) is 0.608. The van der Waals surface area contributed by atoms with Gasteiger partial charge in [0.15, 0.2) is 5.82 Å². The Morgan fingerprint density at radius 3 is 2.71 bits per heavy atom. The number of fused-ring (bicyclic) bond motifs is 2. The Morgan fingerprint density at radius 1 is 1.11 bits per heavy atom. The van der Waals surface area contributed by atoms with E-state index >= 15 is 0 Å². The Bertz CT molecular complexity index is 1020. The number of urea groups is 1. The molecule has 4 rings (SSSR count). The zero-order valence-corrected chi connectivity index (χ0v) is 21.2. The number of amides is 3. The monoisotopic (exact) mass is 478 g/mol. The van der Waals surface area contributed by atoms with Crippen LogP contribution in [0.15, 0.2) is 42.6 Å². The first-order chi connectivity index (χ1) is 17.0. The Hall–Kier alpha value is -2.97. The highest BCUT2D eigenvalue weighted by atomic mass is 16.2. The number of carbonyl (C=O) groups is 2. The van der Waals surface area contributed by atoms with Crippen LogP contribution in [0.1, 0.15) is 49.9 Å². The first-order valence-corrected chi connectivity index (χ1v) is 12.9. The van der Waals surface area contributed by atoms with Crippen LogP contribution in [-0.4, -0.2) is 84.0 Å².